The van der Waals surface area contributed by atoms with Crippen molar-refractivity contribution in [2.24, 2.45) is 5.92 Å². The smallest absolute Gasteiger partial charge is 0.317 e. The molecule has 2 atom stereocenters. The van der Waals surface area contributed by atoms with Crippen LogP contribution in [0.4, 0.5) is 5.69 Å². The number of carbonyl (C=O) groups is 2. The first-order chi connectivity index (χ1) is 12.5. The molecule has 134 valence electrons. The lowest BCUT2D eigenvalue weighted by molar-refractivity contribution is -0.384. The zero-order valence-corrected chi connectivity index (χ0v) is 14.1. The fraction of sp³-hybridized carbons (Fsp3) is 0.263. The number of nitro benzene ring substituents is 1. The minimum absolute atomic E-state index is 0.0911. The summed E-state index contributed by atoms with van der Waals surface area (Å²) in [7, 11) is 0. The molecule has 1 aliphatic rings. The van der Waals surface area contributed by atoms with Gasteiger partial charge in [-0.2, -0.15) is 0 Å². The molecule has 26 heavy (non-hydrogen) atoms. The number of benzene rings is 1. The SMILES string of the molecule is CCOC(=O)[C@H]1C(=O)C=C(c2ccco2)C[C@H]1c1cccc([N+](=O)[O-])c1. The third-order valence-corrected chi connectivity index (χ3v) is 4.35. The number of ketones is 1. The number of allylic oxidation sites excluding steroid dienone is 2. The predicted octanol–water partition coefficient (Wildman–Crippen LogP) is 3.51. The van der Waals surface area contributed by atoms with Crippen LogP contribution >= 0.6 is 0 Å². The number of esters is 1. The molecule has 0 spiro atoms. The highest BCUT2D eigenvalue weighted by Crippen LogP contribution is 2.41. The van der Waals surface area contributed by atoms with Crippen molar-refractivity contribution in [3.63, 3.8) is 0 Å². The first-order valence-corrected chi connectivity index (χ1v) is 8.20. The highest BCUT2D eigenvalue weighted by atomic mass is 16.6. The van der Waals surface area contributed by atoms with Gasteiger partial charge >= 0.3 is 5.97 Å². The molecule has 2 aromatic rings. The van der Waals surface area contributed by atoms with E-state index >= 15 is 0 Å². The Balaban J connectivity index is 2.04. The van der Waals surface area contributed by atoms with Gasteiger partial charge in [0.1, 0.15) is 11.7 Å². The quantitative estimate of drug-likeness (QED) is 0.352. The number of nitrogens with zero attached hydrogens (tertiary/aromatic N) is 1. The van der Waals surface area contributed by atoms with Crippen LogP contribution in [0.2, 0.25) is 0 Å². The van der Waals surface area contributed by atoms with Crippen LogP contribution in [0.3, 0.4) is 0 Å². The molecule has 0 bridgehead atoms. The van der Waals surface area contributed by atoms with Gasteiger partial charge in [0.2, 0.25) is 0 Å². The van der Waals surface area contributed by atoms with Crippen molar-refractivity contribution < 1.29 is 23.7 Å². The Bertz CT molecular complexity index is 868. The number of non-ortho nitro benzene ring substituents is 1. The molecule has 0 saturated heterocycles. The van der Waals surface area contributed by atoms with Crippen LogP contribution in [0.5, 0.6) is 0 Å². The lowest BCUT2D eigenvalue weighted by atomic mass is 9.74. The number of ether oxygens (including phenoxy) is 1. The summed E-state index contributed by atoms with van der Waals surface area (Å²) >= 11 is 0. The summed E-state index contributed by atoms with van der Waals surface area (Å²) in [4.78, 5) is 35.6. The van der Waals surface area contributed by atoms with E-state index in [2.05, 4.69) is 0 Å². The first-order valence-electron chi connectivity index (χ1n) is 8.20. The second-order valence-corrected chi connectivity index (χ2v) is 5.94. The molecule has 0 N–H and O–H groups in total. The van der Waals surface area contributed by atoms with Crippen LogP contribution in [0.1, 0.15) is 30.6 Å². The average Bonchev–Trinajstić information content (AvgIpc) is 3.16. The van der Waals surface area contributed by atoms with Gasteiger partial charge in [-0.3, -0.25) is 19.7 Å². The Hall–Kier alpha value is -3.22. The molecule has 0 fully saturated rings. The number of hydrogen-bond acceptors (Lipinski definition) is 6. The maximum Gasteiger partial charge on any atom is 0.317 e. The van der Waals surface area contributed by atoms with Crippen molar-refractivity contribution in [2.45, 2.75) is 19.3 Å². The van der Waals surface area contributed by atoms with E-state index in [0.29, 0.717) is 23.3 Å². The topological polar surface area (TPSA) is 99.7 Å². The average molecular weight is 355 g/mol. The largest absolute Gasteiger partial charge is 0.465 e. The Kier molecular flexibility index (Phi) is 4.97. The van der Waals surface area contributed by atoms with Crippen LogP contribution in [-0.4, -0.2) is 23.3 Å². The molecule has 0 amide bonds. The Morgan fingerprint density at radius 3 is 2.81 bits per heavy atom. The summed E-state index contributed by atoms with van der Waals surface area (Å²) < 4.78 is 10.4. The van der Waals surface area contributed by atoms with Crippen LogP contribution < -0.4 is 0 Å². The molecule has 3 rings (SSSR count). The zero-order valence-electron chi connectivity index (χ0n) is 14.1. The lowest BCUT2D eigenvalue weighted by Crippen LogP contribution is -2.34. The molecule has 0 saturated carbocycles. The predicted molar refractivity (Wildman–Crippen MR) is 92.3 cm³/mol. The molecule has 1 aromatic carbocycles. The Morgan fingerprint density at radius 2 is 2.15 bits per heavy atom. The lowest BCUT2D eigenvalue weighted by Gasteiger charge is -2.28. The van der Waals surface area contributed by atoms with Crippen LogP contribution in [0.25, 0.3) is 5.57 Å². The van der Waals surface area contributed by atoms with Gasteiger partial charge in [-0.1, -0.05) is 12.1 Å². The van der Waals surface area contributed by atoms with Crippen molar-refractivity contribution in [3.05, 3.63) is 70.2 Å². The molecule has 1 aromatic heterocycles. The summed E-state index contributed by atoms with van der Waals surface area (Å²) in [6.07, 6.45) is 3.23. The standard InChI is InChI=1S/C19H17NO6/c1-2-25-19(22)18-15(12-5-3-6-14(9-12)20(23)24)10-13(11-16(18)21)17-7-4-8-26-17/h3-9,11,15,18H,2,10H2,1H3/t15-,18+/m0/s1. The van der Waals surface area contributed by atoms with E-state index in [9.17, 15) is 19.7 Å². The van der Waals surface area contributed by atoms with E-state index in [1.165, 1.54) is 24.5 Å². The highest BCUT2D eigenvalue weighted by molar-refractivity contribution is 6.10. The number of rotatable bonds is 5. The normalized spacial score (nSPS) is 19.7. The maximum absolute atomic E-state index is 12.7. The molecule has 7 nitrogen and oxygen atoms in total. The fourth-order valence-corrected chi connectivity index (χ4v) is 3.20. The molecular formula is C19H17NO6. The Morgan fingerprint density at radius 1 is 1.35 bits per heavy atom. The monoisotopic (exact) mass is 355 g/mol. The van der Waals surface area contributed by atoms with Gasteiger partial charge in [-0.25, -0.2) is 0 Å². The van der Waals surface area contributed by atoms with Crippen LogP contribution in [0, 0.1) is 16.0 Å². The molecule has 1 aliphatic carbocycles. The van der Waals surface area contributed by atoms with Gasteiger partial charge in [0.25, 0.3) is 5.69 Å². The molecule has 1 heterocycles. The zero-order chi connectivity index (χ0) is 18.7. The molecular weight excluding hydrogens is 338 g/mol. The summed E-state index contributed by atoms with van der Waals surface area (Å²) in [5, 5.41) is 11.1. The van der Waals surface area contributed by atoms with E-state index in [4.69, 9.17) is 9.15 Å². The molecule has 0 unspecified atom stereocenters. The number of carbonyl (C=O) groups excluding carboxylic acids is 2. The van der Waals surface area contributed by atoms with E-state index in [-0.39, 0.29) is 12.3 Å². The van der Waals surface area contributed by atoms with Crippen molar-refractivity contribution in [2.75, 3.05) is 6.61 Å². The van der Waals surface area contributed by atoms with Crippen molar-refractivity contribution in [1.82, 2.24) is 0 Å². The minimum Gasteiger partial charge on any atom is -0.465 e. The number of nitro groups is 1. The maximum atomic E-state index is 12.7. The van der Waals surface area contributed by atoms with Crippen LogP contribution in [-0.2, 0) is 14.3 Å². The second kappa shape index (κ2) is 7.35. The third kappa shape index (κ3) is 3.42. The van der Waals surface area contributed by atoms with E-state index in [0.717, 1.165) is 0 Å². The number of hydrogen-bond donors (Lipinski definition) is 0. The minimum atomic E-state index is -1.03. The van der Waals surface area contributed by atoms with Gasteiger partial charge in [0.05, 0.1) is 17.8 Å². The summed E-state index contributed by atoms with van der Waals surface area (Å²) in [5.74, 6) is -2.07. The molecule has 0 aliphatic heterocycles. The van der Waals surface area contributed by atoms with Gasteiger partial charge in [0.15, 0.2) is 5.78 Å². The summed E-state index contributed by atoms with van der Waals surface area (Å²) in [6, 6.07) is 9.44. The summed E-state index contributed by atoms with van der Waals surface area (Å²) in [6.45, 7) is 1.82. The summed E-state index contributed by atoms with van der Waals surface area (Å²) in [5.41, 5.74) is 1.10. The molecule has 0 radical (unpaired) electrons. The third-order valence-electron chi connectivity index (χ3n) is 4.35. The second-order valence-electron chi connectivity index (χ2n) is 5.94. The highest BCUT2D eigenvalue weighted by Gasteiger charge is 2.40. The van der Waals surface area contributed by atoms with Gasteiger partial charge in [-0.15, -0.1) is 0 Å². The van der Waals surface area contributed by atoms with Gasteiger partial charge in [0, 0.05) is 18.1 Å². The van der Waals surface area contributed by atoms with Crippen molar-refractivity contribution in [3.8, 4) is 0 Å². The van der Waals surface area contributed by atoms with Gasteiger partial charge < -0.3 is 9.15 Å². The van der Waals surface area contributed by atoms with Crippen molar-refractivity contribution >= 4 is 23.0 Å². The molecule has 7 heteroatoms. The van der Waals surface area contributed by atoms with Crippen molar-refractivity contribution in [1.29, 1.82) is 0 Å². The van der Waals surface area contributed by atoms with Crippen LogP contribution in [0.15, 0.2) is 53.2 Å². The van der Waals surface area contributed by atoms with E-state index < -0.39 is 28.5 Å². The first kappa shape index (κ1) is 17.6. The van der Waals surface area contributed by atoms with E-state index in [1.54, 1.807) is 31.2 Å². The van der Waals surface area contributed by atoms with Gasteiger partial charge in [-0.05, 0) is 42.7 Å². The van der Waals surface area contributed by atoms with E-state index in [1.807, 2.05) is 0 Å². The Labute approximate surface area is 149 Å². The fourth-order valence-electron chi connectivity index (χ4n) is 3.20. The number of furan rings is 1.